The van der Waals surface area contributed by atoms with Gasteiger partial charge < -0.3 is 20.5 Å². The lowest BCUT2D eigenvalue weighted by Gasteiger charge is -2.56. The van der Waals surface area contributed by atoms with Crippen LogP contribution in [0.2, 0.25) is 10.0 Å². The molecular formula is C25H24Cl2FN5O4. The lowest BCUT2D eigenvalue weighted by atomic mass is 9.60. The van der Waals surface area contributed by atoms with Crippen molar-refractivity contribution >= 4 is 35.0 Å². The van der Waals surface area contributed by atoms with Crippen molar-refractivity contribution in [3.05, 3.63) is 64.2 Å². The monoisotopic (exact) mass is 547 g/mol. The van der Waals surface area contributed by atoms with Gasteiger partial charge in [0.15, 0.2) is 12.4 Å². The highest BCUT2D eigenvalue weighted by Gasteiger charge is 2.55. The van der Waals surface area contributed by atoms with E-state index in [1.807, 2.05) is 0 Å². The molecule has 12 heteroatoms. The maximum absolute atomic E-state index is 13.6. The van der Waals surface area contributed by atoms with E-state index >= 15 is 0 Å². The molecule has 1 atom stereocenters. The first-order valence-electron chi connectivity index (χ1n) is 11.7. The molecule has 2 amide bonds. The van der Waals surface area contributed by atoms with E-state index in [1.165, 1.54) is 12.1 Å². The number of nitrogens with one attached hydrogen (secondary N) is 3. The zero-order valence-corrected chi connectivity index (χ0v) is 21.1. The minimum atomic E-state index is -0.869. The second kappa shape index (κ2) is 9.92. The summed E-state index contributed by atoms with van der Waals surface area (Å²) < 4.78 is 19.0. The molecule has 3 aromatic rings. The lowest BCUT2D eigenvalue weighted by Crippen LogP contribution is -2.70. The predicted octanol–water partition coefficient (Wildman–Crippen LogP) is 3.66. The molecule has 194 valence electrons. The van der Waals surface area contributed by atoms with Crippen LogP contribution in [0.4, 0.5) is 4.39 Å². The molecule has 4 N–H and O–H groups in total. The molecule has 1 heterocycles. The van der Waals surface area contributed by atoms with Crippen LogP contribution in [-0.4, -0.2) is 55.9 Å². The number of aliphatic hydroxyl groups is 1. The zero-order chi connectivity index (χ0) is 26.2. The molecule has 0 saturated heterocycles. The van der Waals surface area contributed by atoms with Crippen molar-refractivity contribution in [2.75, 3.05) is 6.61 Å². The molecule has 2 aromatic carbocycles. The number of aromatic nitrogens is 3. The number of fused-ring (bicyclic) bond motifs is 3. The van der Waals surface area contributed by atoms with Gasteiger partial charge in [0.1, 0.15) is 11.6 Å². The number of aromatic amines is 1. The number of ether oxygens (including phenoxy) is 1. The molecule has 0 unspecified atom stereocenters. The number of hydrogen-bond donors (Lipinski definition) is 4. The van der Waals surface area contributed by atoms with E-state index in [2.05, 4.69) is 25.8 Å². The zero-order valence-electron chi connectivity index (χ0n) is 19.6. The normalized spacial score (nSPS) is 24.5. The predicted molar refractivity (Wildman–Crippen MR) is 134 cm³/mol. The van der Waals surface area contributed by atoms with Gasteiger partial charge in [-0.1, -0.05) is 23.2 Å². The van der Waals surface area contributed by atoms with E-state index in [-0.39, 0.29) is 29.6 Å². The lowest BCUT2D eigenvalue weighted by molar-refractivity contribution is -0.132. The fourth-order valence-corrected chi connectivity index (χ4v) is 5.33. The summed E-state index contributed by atoms with van der Waals surface area (Å²) in [5, 5.41) is 24.2. The van der Waals surface area contributed by atoms with Crippen LogP contribution in [-0.2, 0) is 4.79 Å². The van der Waals surface area contributed by atoms with E-state index in [0.717, 1.165) is 6.07 Å². The smallest absolute Gasteiger partial charge is 0.289 e. The standard InChI is InChI=1S/C25H24Cl2FN5O4/c26-15-3-1-14(2-4-15)21-29-22(33-32-21)23(36)31-24-7-9-25(10-8-24,19(34)12-24)30-20(35)13-37-16-5-6-17(27)18(28)11-16/h1-6,11,19,34H,7-10,12-13H2,(H,30,35)(H,31,36)(H,29,32,33)/t19-,24?,25?/m0/s1. The van der Waals surface area contributed by atoms with Crippen molar-refractivity contribution in [1.82, 2.24) is 25.8 Å². The fourth-order valence-electron chi connectivity index (χ4n) is 5.08. The molecular weight excluding hydrogens is 524 g/mol. The highest BCUT2D eigenvalue weighted by molar-refractivity contribution is 6.31. The van der Waals surface area contributed by atoms with Crippen LogP contribution < -0.4 is 15.4 Å². The van der Waals surface area contributed by atoms with Gasteiger partial charge in [0.05, 0.1) is 16.7 Å². The molecule has 0 radical (unpaired) electrons. The van der Waals surface area contributed by atoms with E-state index < -0.39 is 34.8 Å². The summed E-state index contributed by atoms with van der Waals surface area (Å²) in [6.45, 7) is -0.334. The van der Waals surface area contributed by atoms with E-state index in [0.29, 0.717) is 42.1 Å². The number of nitrogens with zero attached hydrogens (tertiary/aromatic N) is 2. The quantitative estimate of drug-likeness (QED) is 0.357. The van der Waals surface area contributed by atoms with Crippen LogP contribution in [0.1, 0.15) is 42.7 Å². The second-order valence-corrected chi connectivity index (χ2v) is 10.4. The van der Waals surface area contributed by atoms with Gasteiger partial charge in [-0.3, -0.25) is 14.7 Å². The second-order valence-electron chi connectivity index (χ2n) is 9.54. The van der Waals surface area contributed by atoms with Crippen LogP contribution >= 0.6 is 23.2 Å². The van der Waals surface area contributed by atoms with Crippen LogP contribution in [0.25, 0.3) is 11.4 Å². The summed E-state index contributed by atoms with van der Waals surface area (Å²) in [7, 11) is 0. The Morgan fingerprint density at radius 1 is 1.11 bits per heavy atom. The van der Waals surface area contributed by atoms with Gasteiger partial charge >= 0.3 is 0 Å². The van der Waals surface area contributed by atoms with Crippen molar-refractivity contribution in [2.24, 2.45) is 0 Å². The summed E-state index contributed by atoms with van der Waals surface area (Å²) in [4.78, 5) is 29.8. The number of benzene rings is 2. The van der Waals surface area contributed by atoms with E-state index in [4.69, 9.17) is 27.9 Å². The molecule has 3 aliphatic carbocycles. The van der Waals surface area contributed by atoms with Crippen molar-refractivity contribution < 1.29 is 23.8 Å². The van der Waals surface area contributed by atoms with Gasteiger partial charge in [0.25, 0.3) is 11.8 Å². The summed E-state index contributed by atoms with van der Waals surface area (Å²) >= 11 is 11.6. The molecule has 9 nitrogen and oxygen atoms in total. The third-order valence-corrected chi connectivity index (χ3v) is 7.71. The Morgan fingerprint density at radius 3 is 2.51 bits per heavy atom. The number of halogens is 3. The molecule has 3 fully saturated rings. The van der Waals surface area contributed by atoms with Crippen molar-refractivity contribution in [3.63, 3.8) is 0 Å². The maximum atomic E-state index is 13.6. The number of carbonyl (C=O) groups excluding carboxylic acids is 2. The number of aliphatic hydroxyl groups excluding tert-OH is 1. The number of rotatable bonds is 7. The average Bonchev–Trinajstić information content (AvgIpc) is 3.37. The fraction of sp³-hybridized carbons (Fsp3) is 0.360. The van der Waals surface area contributed by atoms with Gasteiger partial charge in [-0.05, 0) is 68.5 Å². The Kier molecular flexibility index (Phi) is 6.82. The number of amides is 2. The van der Waals surface area contributed by atoms with Crippen molar-refractivity contribution in [3.8, 4) is 17.1 Å². The highest BCUT2D eigenvalue weighted by Crippen LogP contribution is 2.47. The van der Waals surface area contributed by atoms with Crippen molar-refractivity contribution in [1.29, 1.82) is 0 Å². The first kappa shape index (κ1) is 25.4. The molecule has 2 bridgehead atoms. The molecule has 6 rings (SSSR count). The summed E-state index contributed by atoms with van der Waals surface area (Å²) in [5.74, 6) is -0.864. The largest absolute Gasteiger partial charge is 0.484 e. The SMILES string of the molecule is O=C(COc1ccc(Cl)c(F)c1)NC12CCC(NC(=O)c3nc(-c4ccc(Cl)cc4)n[nH]3)(CC1)C[C@@H]2O. The molecule has 37 heavy (non-hydrogen) atoms. The number of carbonyl (C=O) groups is 2. The Hall–Kier alpha value is -3.21. The highest BCUT2D eigenvalue weighted by atomic mass is 35.5. The van der Waals surface area contributed by atoms with Crippen LogP contribution in [0, 0.1) is 5.82 Å². The van der Waals surface area contributed by atoms with Gasteiger partial charge in [0, 0.05) is 22.2 Å². The third-order valence-electron chi connectivity index (χ3n) is 7.15. The maximum Gasteiger partial charge on any atom is 0.289 e. The number of H-pyrrole nitrogens is 1. The topological polar surface area (TPSA) is 129 Å². The first-order valence-corrected chi connectivity index (χ1v) is 12.5. The molecule has 0 spiro atoms. The molecule has 3 saturated carbocycles. The Bertz CT molecular complexity index is 1320. The minimum Gasteiger partial charge on any atom is -0.484 e. The van der Waals surface area contributed by atoms with Crippen LogP contribution in [0.15, 0.2) is 42.5 Å². The Morgan fingerprint density at radius 2 is 1.84 bits per heavy atom. The Balaban J connectivity index is 1.18. The van der Waals surface area contributed by atoms with Gasteiger partial charge in [-0.2, -0.15) is 5.10 Å². The third kappa shape index (κ3) is 5.27. The van der Waals surface area contributed by atoms with Gasteiger partial charge in [-0.15, -0.1) is 0 Å². The summed E-state index contributed by atoms with van der Waals surface area (Å²) in [5.41, 5.74) is -0.714. The molecule has 1 aromatic heterocycles. The van der Waals surface area contributed by atoms with Crippen molar-refractivity contribution in [2.45, 2.75) is 49.3 Å². The first-order chi connectivity index (χ1) is 17.7. The summed E-state index contributed by atoms with van der Waals surface area (Å²) in [6, 6.07) is 10.9. The number of hydrogen-bond acceptors (Lipinski definition) is 6. The van der Waals surface area contributed by atoms with Crippen LogP contribution in [0.3, 0.4) is 0 Å². The minimum absolute atomic E-state index is 0.0379. The van der Waals surface area contributed by atoms with Gasteiger partial charge in [-0.25, -0.2) is 9.37 Å². The summed E-state index contributed by atoms with van der Waals surface area (Å²) in [6.07, 6.45) is 1.49. The Labute approximate surface area is 221 Å². The molecule has 3 aliphatic rings. The van der Waals surface area contributed by atoms with E-state index in [9.17, 15) is 19.1 Å². The van der Waals surface area contributed by atoms with Gasteiger partial charge in [0.2, 0.25) is 5.82 Å². The van der Waals surface area contributed by atoms with E-state index in [1.54, 1.807) is 24.3 Å². The van der Waals surface area contributed by atoms with Crippen LogP contribution in [0.5, 0.6) is 5.75 Å². The molecule has 0 aliphatic heterocycles. The average molecular weight is 548 g/mol.